The fraction of sp³-hybridized carbons (Fsp3) is 0.235. The van der Waals surface area contributed by atoms with Crippen molar-refractivity contribution in [3.05, 3.63) is 57.6 Å². The number of carbonyl (C=O) groups is 1. The molecule has 0 bridgehead atoms. The first-order valence-corrected chi connectivity index (χ1v) is 7.82. The van der Waals surface area contributed by atoms with E-state index in [-0.39, 0.29) is 11.3 Å². The number of nitro benzene ring substituents is 1. The molecular weight excluding hydrogens is 369 g/mol. The fourth-order valence-electron chi connectivity index (χ4n) is 2.51. The van der Waals surface area contributed by atoms with Crippen LogP contribution in [0.2, 0.25) is 0 Å². The summed E-state index contributed by atoms with van der Waals surface area (Å²) in [5.41, 5.74) is -2.60. The van der Waals surface area contributed by atoms with Gasteiger partial charge in [-0.15, -0.1) is 0 Å². The smallest absolute Gasteiger partial charge is 0.423 e. The Labute approximate surface area is 150 Å². The molecule has 7 nitrogen and oxygen atoms in total. The third-order valence-corrected chi connectivity index (χ3v) is 3.77. The van der Waals surface area contributed by atoms with Crippen LogP contribution in [0.1, 0.15) is 22.3 Å². The summed E-state index contributed by atoms with van der Waals surface area (Å²) in [5.74, 6) is 0.145. The first-order chi connectivity index (χ1) is 12.8. The lowest BCUT2D eigenvalue weighted by Crippen LogP contribution is -2.14. The van der Waals surface area contributed by atoms with Gasteiger partial charge < -0.3 is 14.8 Å². The van der Waals surface area contributed by atoms with Gasteiger partial charge in [-0.05, 0) is 30.3 Å². The Morgan fingerprint density at radius 2 is 1.78 bits per heavy atom. The van der Waals surface area contributed by atoms with Crippen molar-refractivity contribution in [2.75, 3.05) is 18.5 Å². The molecule has 27 heavy (non-hydrogen) atoms. The molecule has 0 radical (unpaired) electrons. The molecule has 0 unspecified atom stereocenters. The zero-order valence-corrected chi connectivity index (χ0v) is 13.7. The molecular formula is C17H13F3N2O5. The van der Waals surface area contributed by atoms with E-state index >= 15 is 0 Å². The van der Waals surface area contributed by atoms with Crippen molar-refractivity contribution < 1.29 is 32.4 Å². The third kappa shape index (κ3) is 4.10. The minimum Gasteiger partial charge on any atom is -0.490 e. The summed E-state index contributed by atoms with van der Waals surface area (Å²) in [5, 5.41) is 13.1. The van der Waals surface area contributed by atoms with Gasteiger partial charge in [-0.3, -0.25) is 14.9 Å². The molecule has 10 heteroatoms. The van der Waals surface area contributed by atoms with E-state index in [9.17, 15) is 28.1 Å². The number of hydrogen-bond acceptors (Lipinski definition) is 5. The van der Waals surface area contributed by atoms with Crippen molar-refractivity contribution in [3.8, 4) is 11.5 Å². The lowest BCUT2D eigenvalue weighted by molar-refractivity contribution is -0.388. The van der Waals surface area contributed by atoms with Crippen LogP contribution in [0.5, 0.6) is 11.5 Å². The maximum atomic E-state index is 13.0. The predicted molar refractivity (Wildman–Crippen MR) is 88.1 cm³/mol. The number of hydrogen-bond donors (Lipinski definition) is 1. The fourth-order valence-corrected chi connectivity index (χ4v) is 2.51. The summed E-state index contributed by atoms with van der Waals surface area (Å²) in [7, 11) is 0. The normalized spacial score (nSPS) is 13.6. The summed E-state index contributed by atoms with van der Waals surface area (Å²) < 4.78 is 50.0. The molecule has 2 aromatic carbocycles. The number of nitrogens with one attached hydrogen (secondary N) is 1. The molecule has 142 valence electrons. The Bertz CT molecular complexity index is 899. The number of nitrogens with zero attached hydrogens (tertiary/aromatic N) is 1. The van der Waals surface area contributed by atoms with Gasteiger partial charge in [0.05, 0.1) is 18.1 Å². The highest BCUT2D eigenvalue weighted by molar-refractivity contribution is 6.04. The number of ether oxygens (including phenoxy) is 2. The van der Waals surface area contributed by atoms with E-state index in [1.807, 2.05) is 0 Å². The molecule has 0 spiro atoms. The van der Waals surface area contributed by atoms with Crippen molar-refractivity contribution in [1.29, 1.82) is 0 Å². The summed E-state index contributed by atoms with van der Waals surface area (Å²) in [6.45, 7) is 0.886. The molecule has 1 aliphatic heterocycles. The number of benzene rings is 2. The number of amides is 1. The van der Waals surface area contributed by atoms with E-state index in [2.05, 4.69) is 5.32 Å². The average Bonchev–Trinajstić information content (AvgIpc) is 2.85. The molecule has 0 saturated carbocycles. The van der Waals surface area contributed by atoms with Gasteiger partial charge in [0.15, 0.2) is 11.5 Å². The Kier molecular flexibility index (Phi) is 4.89. The summed E-state index contributed by atoms with van der Waals surface area (Å²) in [6.07, 6.45) is -4.25. The number of halogens is 3. The maximum Gasteiger partial charge on any atom is 0.423 e. The van der Waals surface area contributed by atoms with Gasteiger partial charge in [0.1, 0.15) is 5.56 Å². The number of nitro groups is 1. The van der Waals surface area contributed by atoms with E-state index in [4.69, 9.17) is 9.47 Å². The topological polar surface area (TPSA) is 90.7 Å². The first kappa shape index (κ1) is 18.5. The van der Waals surface area contributed by atoms with Crippen LogP contribution < -0.4 is 14.8 Å². The molecule has 1 amide bonds. The van der Waals surface area contributed by atoms with Crippen molar-refractivity contribution in [1.82, 2.24) is 0 Å². The van der Waals surface area contributed by atoms with Crippen LogP contribution in [-0.4, -0.2) is 24.0 Å². The van der Waals surface area contributed by atoms with Gasteiger partial charge >= 0.3 is 6.18 Å². The highest BCUT2D eigenvalue weighted by atomic mass is 19.4. The second-order valence-corrected chi connectivity index (χ2v) is 5.65. The summed E-state index contributed by atoms with van der Waals surface area (Å²) in [4.78, 5) is 22.0. The Morgan fingerprint density at radius 1 is 1.07 bits per heavy atom. The van der Waals surface area contributed by atoms with Gasteiger partial charge in [0.25, 0.3) is 11.6 Å². The molecule has 0 aliphatic carbocycles. The van der Waals surface area contributed by atoms with E-state index in [1.165, 1.54) is 18.2 Å². The molecule has 0 saturated heterocycles. The molecule has 1 N–H and O–H groups in total. The largest absolute Gasteiger partial charge is 0.490 e. The molecule has 2 aromatic rings. The van der Waals surface area contributed by atoms with Gasteiger partial charge in [0.2, 0.25) is 0 Å². The number of rotatable bonds is 3. The lowest BCUT2D eigenvalue weighted by atomic mass is 10.1. The average molecular weight is 382 g/mol. The first-order valence-electron chi connectivity index (χ1n) is 7.82. The van der Waals surface area contributed by atoms with Crippen LogP contribution in [0, 0.1) is 10.1 Å². The van der Waals surface area contributed by atoms with Gasteiger partial charge in [0, 0.05) is 23.7 Å². The standard InChI is InChI=1S/C17H13F3N2O5/c18-17(19,20)12-9-11(3-4-13(12)22(24)25)21-16(23)10-2-5-14-15(8-10)27-7-1-6-26-14/h2-5,8-9H,1,6-7H2,(H,21,23). The molecule has 0 aromatic heterocycles. The second kappa shape index (κ2) is 7.14. The highest BCUT2D eigenvalue weighted by Crippen LogP contribution is 2.37. The Morgan fingerprint density at radius 3 is 2.44 bits per heavy atom. The Hall–Kier alpha value is -3.30. The minimum absolute atomic E-state index is 0.145. The maximum absolute atomic E-state index is 13.0. The molecule has 0 fully saturated rings. The van der Waals surface area contributed by atoms with E-state index < -0.39 is 28.3 Å². The monoisotopic (exact) mass is 382 g/mol. The van der Waals surface area contributed by atoms with Crippen LogP contribution in [0.4, 0.5) is 24.5 Å². The number of carbonyl (C=O) groups excluding carboxylic acids is 1. The lowest BCUT2D eigenvalue weighted by Gasteiger charge is -2.12. The van der Waals surface area contributed by atoms with Crippen LogP contribution in [0.3, 0.4) is 0 Å². The second-order valence-electron chi connectivity index (χ2n) is 5.65. The SMILES string of the molecule is O=C(Nc1ccc([N+](=O)[O-])c(C(F)(F)F)c1)c1ccc2c(c1)OCCCO2. The van der Waals surface area contributed by atoms with E-state index in [0.29, 0.717) is 43.3 Å². The predicted octanol–water partition coefficient (Wildman–Crippen LogP) is 4.03. The van der Waals surface area contributed by atoms with Gasteiger partial charge in [-0.1, -0.05) is 0 Å². The summed E-state index contributed by atoms with van der Waals surface area (Å²) in [6, 6.07) is 6.66. The zero-order chi connectivity index (χ0) is 19.6. The van der Waals surface area contributed by atoms with E-state index in [0.717, 1.165) is 6.07 Å². The zero-order valence-electron chi connectivity index (χ0n) is 13.7. The number of anilines is 1. The highest BCUT2D eigenvalue weighted by Gasteiger charge is 2.38. The van der Waals surface area contributed by atoms with Crippen LogP contribution in [-0.2, 0) is 6.18 Å². The minimum atomic E-state index is -4.93. The third-order valence-electron chi connectivity index (χ3n) is 3.77. The molecule has 1 heterocycles. The van der Waals surface area contributed by atoms with Crippen LogP contribution in [0.25, 0.3) is 0 Å². The molecule has 0 atom stereocenters. The van der Waals surface area contributed by atoms with Crippen molar-refractivity contribution in [2.45, 2.75) is 12.6 Å². The summed E-state index contributed by atoms with van der Waals surface area (Å²) >= 11 is 0. The van der Waals surface area contributed by atoms with Crippen molar-refractivity contribution in [2.24, 2.45) is 0 Å². The van der Waals surface area contributed by atoms with Crippen LogP contribution >= 0.6 is 0 Å². The van der Waals surface area contributed by atoms with Crippen LogP contribution in [0.15, 0.2) is 36.4 Å². The molecule has 1 aliphatic rings. The van der Waals surface area contributed by atoms with Gasteiger partial charge in [-0.2, -0.15) is 13.2 Å². The Balaban J connectivity index is 1.86. The number of fused-ring (bicyclic) bond motifs is 1. The quantitative estimate of drug-likeness (QED) is 0.639. The number of alkyl halides is 3. The van der Waals surface area contributed by atoms with E-state index in [1.54, 1.807) is 0 Å². The van der Waals surface area contributed by atoms with Crippen molar-refractivity contribution >= 4 is 17.3 Å². The van der Waals surface area contributed by atoms with Crippen molar-refractivity contribution in [3.63, 3.8) is 0 Å². The molecule has 3 rings (SSSR count). The van der Waals surface area contributed by atoms with Gasteiger partial charge in [-0.25, -0.2) is 0 Å².